The molecule has 0 saturated heterocycles. The quantitative estimate of drug-likeness (QED) is 0.856. The Morgan fingerprint density at radius 3 is 2.60 bits per heavy atom. The highest BCUT2D eigenvalue weighted by molar-refractivity contribution is 7.84. The summed E-state index contributed by atoms with van der Waals surface area (Å²) in [6.07, 6.45) is 3.41. The van der Waals surface area contributed by atoms with Gasteiger partial charge in [-0.1, -0.05) is 30.1 Å². The van der Waals surface area contributed by atoms with Gasteiger partial charge in [-0.3, -0.25) is 4.21 Å². The minimum Gasteiger partial charge on any atom is -0.255 e. The highest BCUT2D eigenvalue weighted by atomic mass is 35.5. The summed E-state index contributed by atoms with van der Waals surface area (Å²) in [7, 11) is -1.33. The third-order valence-corrected chi connectivity index (χ3v) is 4.56. The molecule has 2 aromatic rings. The van der Waals surface area contributed by atoms with Crippen molar-refractivity contribution in [3.63, 3.8) is 0 Å². The highest BCUT2D eigenvalue weighted by Crippen LogP contribution is 2.33. The van der Waals surface area contributed by atoms with Crippen molar-refractivity contribution in [2.45, 2.75) is 18.2 Å². The van der Waals surface area contributed by atoms with Crippen LogP contribution in [-0.4, -0.2) is 20.4 Å². The number of aromatic nitrogens is 2. The van der Waals surface area contributed by atoms with Crippen molar-refractivity contribution >= 4 is 34.0 Å². The smallest absolute Gasteiger partial charge is 0.134 e. The molecular weight excluding hydrogens is 322 g/mol. The lowest BCUT2D eigenvalue weighted by atomic mass is 10.1. The van der Waals surface area contributed by atoms with Crippen LogP contribution in [0.2, 0.25) is 10.0 Å². The van der Waals surface area contributed by atoms with E-state index in [0.717, 1.165) is 6.07 Å². The van der Waals surface area contributed by atoms with E-state index in [4.69, 9.17) is 23.2 Å². The van der Waals surface area contributed by atoms with Crippen LogP contribution in [0.4, 0.5) is 4.39 Å². The zero-order chi connectivity index (χ0) is 14.9. The zero-order valence-corrected chi connectivity index (χ0v) is 13.1. The third-order valence-electron chi connectivity index (χ3n) is 2.78. The van der Waals surface area contributed by atoms with Gasteiger partial charge in [0, 0.05) is 11.8 Å². The van der Waals surface area contributed by atoms with Gasteiger partial charge in [-0.05, 0) is 18.6 Å². The van der Waals surface area contributed by atoms with Crippen LogP contribution in [-0.2, 0) is 17.2 Å². The molecule has 0 aliphatic carbocycles. The van der Waals surface area contributed by atoms with Gasteiger partial charge in [0.15, 0.2) is 0 Å². The van der Waals surface area contributed by atoms with E-state index in [1.807, 2.05) is 6.92 Å². The van der Waals surface area contributed by atoms with Crippen molar-refractivity contribution in [1.29, 1.82) is 0 Å². The second-order valence-electron chi connectivity index (χ2n) is 4.05. The zero-order valence-electron chi connectivity index (χ0n) is 10.8. The average Bonchev–Trinajstić information content (AvgIpc) is 2.39. The van der Waals surface area contributed by atoms with Gasteiger partial charge in [-0.2, -0.15) is 0 Å². The van der Waals surface area contributed by atoms with E-state index >= 15 is 0 Å². The standard InChI is InChI=1S/C13H11Cl2FN2OS/c1-3-10-12(15)13(18-6-17-10)7-4-11(20(2)19)8(14)5-9(7)16/h4-6H,3H2,1-2H3. The van der Waals surface area contributed by atoms with Gasteiger partial charge in [-0.15, -0.1) is 0 Å². The Balaban J connectivity index is 2.70. The number of aryl methyl sites for hydroxylation is 1. The van der Waals surface area contributed by atoms with E-state index in [9.17, 15) is 8.60 Å². The topological polar surface area (TPSA) is 42.9 Å². The van der Waals surface area contributed by atoms with Gasteiger partial charge < -0.3 is 0 Å². The molecule has 0 spiro atoms. The Morgan fingerprint density at radius 2 is 2.00 bits per heavy atom. The maximum Gasteiger partial charge on any atom is 0.134 e. The summed E-state index contributed by atoms with van der Waals surface area (Å²) in [6, 6.07) is 2.54. The lowest BCUT2D eigenvalue weighted by Crippen LogP contribution is -1.98. The number of nitrogens with zero attached hydrogens (tertiary/aromatic N) is 2. The fourth-order valence-corrected chi connectivity index (χ4v) is 3.20. The molecule has 0 bridgehead atoms. The summed E-state index contributed by atoms with van der Waals surface area (Å²) in [5.74, 6) is -0.563. The summed E-state index contributed by atoms with van der Waals surface area (Å²) in [4.78, 5) is 8.40. The number of halogens is 3. The van der Waals surface area contributed by atoms with E-state index in [-0.39, 0.29) is 16.3 Å². The predicted octanol–water partition coefficient (Wildman–Crippen LogP) is 3.89. The molecule has 0 radical (unpaired) electrons. The van der Waals surface area contributed by atoms with Crippen molar-refractivity contribution in [3.05, 3.63) is 40.0 Å². The molecule has 3 nitrogen and oxygen atoms in total. The maximum absolute atomic E-state index is 14.1. The molecule has 1 aromatic heterocycles. The van der Waals surface area contributed by atoms with E-state index in [1.54, 1.807) is 0 Å². The molecule has 1 heterocycles. The molecule has 7 heteroatoms. The van der Waals surface area contributed by atoms with Crippen LogP contribution in [0.25, 0.3) is 11.3 Å². The van der Waals surface area contributed by atoms with Crippen LogP contribution in [0.5, 0.6) is 0 Å². The molecule has 0 N–H and O–H groups in total. The second-order valence-corrected chi connectivity index (χ2v) is 6.19. The summed E-state index contributed by atoms with van der Waals surface area (Å²) < 4.78 is 25.7. The first kappa shape index (κ1) is 15.4. The van der Waals surface area contributed by atoms with E-state index in [0.29, 0.717) is 22.0 Å². The van der Waals surface area contributed by atoms with E-state index < -0.39 is 16.6 Å². The summed E-state index contributed by atoms with van der Waals surface area (Å²) >= 11 is 12.1. The normalized spacial score (nSPS) is 12.4. The molecule has 1 unspecified atom stereocenters. The Bertz CT molecular complexity index is 694. The van der Waals surface area contributed by atoms with Gasteiger partial charge in [0.1, 0.15) is 12.1 Å². The van der Waals surface area contributed by atoms with Crippen LogP contribution in [0, 0.1) is 5.82 Å². The van der Waals surface area contributed by atoms with Gasteiger partial charge in [0.25, 0.3) is 0 Å². The molecule has 0 aliphatic rings. The molecule has 20 heavy (non-hydrogen) atoms. The lowest BCUT2D eigenvalue weighted by molar-refractivity contribution is 0.629. The van der Waals surface area contributed by atoms with Gasteiger partial charge in [-0.25, -0.2) is 14.4 Å². The second kappa shape index (κ2) is 6.16. The first-order valence-electron chi connectivity index (χ1n) is 5.77. The van der Waals surface area contributed by atoms with Crippen LogP contribution in [0.15, 0.2) is 23.4 Å². The molecule has 1 aromatic carbocycles. The highest BCUT2D eigenvalue weighted by Gasteiger charge is 2.17. The van der Waals surface area contributed by atoms with Gasteiger partial charge in [0.2, 0.25) is 0 Å². The number of rotatable bonds is 3. The van der Waals surface area contributed by atoms with Crippen molar-refractivity contribution in [2.75, 3.05) is 6.26 Å². The Hall–Kier alpha value is -1.04. The summed E-state index contributed by atoms with van der Waals surface area (Å²) in [5.41, 5.74) is 1.08. The first-order valence-corrected chi connectivity index (χ1v) is 8.09. The molecule has 106 valence electrons. The number of hydrogen-bond acceptors (Lipinski definition) is 3. The van der Waals surface area contributed by atoms with Crippen molar-refractivity contribution in [3.8, 4) is 11.3 Å². The molecule has 1 atom stereocenters. The maximum atomic E-state index is 14.1. The number of hydrogen-bond donors (Lipinski definition) is 0. The van der Waals surface area contributed by atoms with Crippen LogP contribution < -0.4 is 0 Å². The lowest BCUT2D eigenvalue weighted by Gasteiger charge is -2.10. The van der Waals surface area contributed by atoms with Crippen molar-refractivity contribution < 1.29 is 8.60 Å². The molecule has 2 rings (SSSR count). The Morgan fingerprint density at radius 1 is 1.30 bits per heavy atom. The minimum absolute atomic E-state index is 0.118. The van der Waals surface area contributed by atoms with Gasteiger partial charge in [0.05, 0.1) is 37.1 Å². The van der Waals surface area contributed by atoms with Crippen LogP contribution >= 0.6 is 23.2 Å². The number of benzene rings is 1. The molecule has 0 amide bonds. The SMILES string of the molecule is CCc1ncnc(-c2cc(S(C)=O)c(Cl)cc2F)c1Cl. The fraction of sp³-hybridized carbons (Fsp3) is 0.231. The van der Waals surface area contributed by atoms with Crippen molar-refractivity contribution in [2.24, 2.45) is 0 Å². The molecular formula is C13H11Cl2FN2OS. The van der Waals surface area contributed by atoms with E-state index in [1.165, 1.54) is 18.6 Å². The monoisotopic (exact) mass is 332 g/mol. The largest absolute Gasteiger partial charge is 0.255 e. The average molecular weight is 333 g/mol. The minimum atomic E-state index is -1.33. The summed E-state index contributed by atoms with van der Waals surface area (Å²) in [5, 5.41) is 0.414. The van der Waals surface area contributed by atoms with E-state index in [2.05, 4.69) is 9.97 Å². The van der Waals surface area contributed by atoms with Crippen molar-refractivity contribution in [1.82, 2.24) is 9.97 Å². The third kappa shape index (κ3) is 2.85. The first-order chi connectivity index (χ1) is 9.45. The Labute approximate surface area is 128 Å². The predicted molar refractivity (Wildman–Crippen MR) is 79.2 cm³/mol. The van der Waals surface area contributed by atoms with Crippen LogP contribution in [0.3, 0.4) is 0 Å². The summed E-state index contributed by atoms with van der Waals surface area (Å²) in [6.45, 7) is 1.89. The molecule has 0 fully saturated rings. The van der Waals surface area contributed by atoms with Gasteiger partial charge >= 0.3 is 0 Å². The molecule has 0 saturated carbocycles. The fourth-order valence-electron chi connectivity index (χ4n) is 1.77. The molecule has 0 aliphatic heterocycles. The Kier molecular flexibility index (Phi) is 4.73. The van der Waals surface area contributed by atoms with Crippen LogP contribution in [0.1, 0.15) is 12.6 Å².